The largest absolute Gasteiger partial charge is 0.311 e. The van der Waals surface area contributed by atoms with Gasteiger partial charge in [-0.25, -0.2) is 0 Å². The van der Waals surface area contributed by atoms with Crippen molar-refractivity contribution in [2.75, 3.05) is 13.1 Å². The second-order valence-electron chi connectivity index (χ2n) is 6.81. The Balaban J connectivity index is 1.21. The molecule has 0 radical (unpaired) electrons. The number of nitrogens with one attached hydrogen (secondary N) is 2. The van der Waals surface area contributed by atoms with Gasteiger partial charge in [0.15, 0.2) is 0 Å². The van der Waals surface area contributed by atoms with E-state index in [4.69, 9.17) is 0 Å². The molecule has 0 saturated heterocycles. The molecule has 4 heteroatoms. The van der Waals surface area contributed by atoms with Gasteiger partial charge in [-0.3, -0.25) is 9.97 Å². The summed E-state index contributed by atoms with van der Waals surface area (Å²) >= 11 is 0. The zero-order valence-electron chi connectivity index (χ0n) is 15.8. The van der Waals surface area contributed by atoms with Gasteiger partial charge in [-0.05, 0) is 39.8 Å². The van der Waals surface area contributed by atoms with Gasteiger partial charge >= 0.3 is 0 Å². The Morgan fingerprint density at radius 2 is 1.46 bits per heavy atom. The maximum atomic E-state index is 4.19. The van der Waals surface area contributed by atoms with Gasteiger partial charge in [0.05, 0.1) is 0 Å². The second kappa shape index (κ2) is 9.22. The van der Waals surface area contributed by atoms with E-state index in [9.17, 15) is 0 Å². The van der Waals surface area contributed by atoms with E-state index in [1.54, 1.807) is 6.20 Å². The maximum Gasteiger partial charge on any atom is 0.0346 e. The molecule has 4 aromatic rings. The molecule has 0 unspecified atom stereocenters. The number of nitrogens with zero attached hydrogens (tertiary/aromatic N) is 2. The number of rotatable bonds is 8. The summed E-state index contributed by atoms with van der Waals surface area (Å²) in [5.74, 6) is 0. The third-order valence-corrected chi connectivity index (χ3v) is 4.84. The summed E-state index contributed by atoms with van der Waals surface area (Å²) < 4.78 is 0. The molecule has 0 aliphatic heterocycles. The van der Waals surface area contributed by atoms with Crippen molar-refractivity contribution in [1.29, 1.82) is 0 Å². The van der Waals surface area contributed by atoms with Crippen LogP contribution in [0.3, 0.4) is 0 Å². The lowest BCUT2D eigenvalue weighted by atomic mass is 10.1. The molecule has 0 amide bonds. The van der Waals surface area contributed by atoms with Crippen LogP contribution in [0.2, 0.25) is 0 Å². The van der Waals surface area contributed by atoms with Crippen molar-refractivity contribution >= 4 is 10.8 Å². The van der Waals surface area contributed by atoms with Crippen LogP contribution >= 0.6 is 0 Å². The van der Waals surface area contributed by atoms with Crippen molar-refractivity contribution in [2.45, 2.75) is 13.1 Å². The van der Waals surface area contributed by atoms with Crippen LogP contribution in [0.25, 0.3) is 21.9 Å². The molecule has 4 nitrogen and oxygen atoms in total. The van der Waals surface area contributed by atoms with Crippen molar-refractivity contribution in [1.82, 2.24) is 20.6 Å². The number of aromatic nitrogens is 2. The van der Waals surface area contributed by atoms with E-state index >= 15 is 0 Å². The zero-order valence-corrected chi connectivity index (χ0v) is 15.8. The van der Waals surface area contributed by atoms with Crippen LogP contribution in [0.1, 0.15) is 11.1 Å². The van der Waals surface area contributed by atoms with Crippen molar-refractivity contribution in [3.8, 4) is 11.1 Å². The van der Waals surface area contributed by atoms with Gasteiger partial charge in [0, 0.05) is 56.4 Å². The summed E-state index contributed by atoms with van der Waals surface area (Å²) in [6, 6.07) is 21.2. The SMILES string of the molecule is c1cncc(-c2ccc(CNCCNCc3cccc4cnccc34)cc2)c1. The zero-order chi connectivity index (χ0) is 19.0. The van der Waals surface area contributed by atoms with E-state index < -0.39 is 0 Å². The number of fused-ring (bicyclic) bond motifs is 1. The van der Waals surface area contributed by atoms with E-state index in [1.807, 2.05) is 24.7 Å². The minimum absolute atomic E-state index is 0.864. The molecule has 2 aromatic carbocycles. The molecule has 0 fully saturated rings. The van der Waals surface area contributed by atoms with Crippen LogP contribution in [0.15, 0.2) is 85.5 Å². The lowest BCUT2D eigenvalue weighted by molar-refractivity contribution is 0.612. The van der Waals surface area contributed by atoms with E-state index in [2.05, 4.69) is 75.2 Å². The highest BCUT2D eigenvalue weighted by Gasteiger charge is 2.01. The van der Waals surface area contributed by atoms with Gasteiger partial charge in [0.2, 0.25) is 0 Å². The lowest BCUT2D eigenvalue weighted by Crippen LogP contribution is -2.26. The highest BCUT2D eigenvalue weighted by molar-refractivity contribution is 5.84. The Morgan fingerprint density at radius 1 is 0.643 bits per heavy atom. The fraction of sp³-hybridized carbons (Fsp3) is 0.167. The average molecular weight is 368 g/mol. The first-order valence-electron chi connectivity index (χ1n) is 9.62. The molecule has 4 rings (SSSR count). The molecular formula is C24H24N4. The predicted molar refractivity (Wildman–Crippen MR) is 115 cm³/mol. The Hall–Kier alpha value is -3.08. The minimum atomic E-state index is 0.864. The van der Waals surface area contributed by atoms with Crippen LogP contribution < -0.4 is 10.6 Å². The third-order valence-electron chi connectivity index (χ3n) is 4.84. The quantitative estimate of drug-likeness (QED) is 0.458. The first kappa shape index (κ1) is 18.3. The molecule has 2 aromatic heterocycles. The minimum Gasteiger partial charge on any atom is -0.311 e. The van der Waals surface area contributed by atoms with Gasteiger partial charge in [-0.1, -0.05) is 48.5 Å². The van der Waals surface area contributed by atoms with Crippen LogP contribution in [-0.4, -0.2) is 23.1 Å². The molecule has 0 aliphatic carbocycles. The Kier molecular flexibility index (Phi) is 6.02. The molecule has 2 N–H and O–H groups in total. The topological polar surface area (TPSA) is 49.8 Å². The maximum absolute atomic E-state index is 4.19. The molecular weight excluding hydrogens is 344 g/mol. The predicted octanol–water partition coefficient (Wildman–Crippen LogP) is 4.18. The van der Waals surface area contributed by atoms with Crippen LogP contribution in [0.5, 0.6) is 0 Å². The average Bonchev–Trinajstić information content (AvgIpc) is 2.77. The van der Waals surface area contributed by atoms with Gasteiger partial charge in [0.25, 0.3) is 0 Å². The van der Waals surface area contributed by atoms with Gasteiger partial charge < -0.3 is 10.6 Å². The smallest absolute Gasteiger partial charge is 0.0346 e. The normalized spacial score (nSPS) is 11.0. The summed E-state index contributed by atoms with van der Waals surface area (Å²) in [5.41, 5.74) is 4.94. The first-order chi connectivity index (χ1) is 13.9. The fourth-order valence-corrected chi connectivity index (χ4v) is 3.32. The highest BCUT2D eigenvalue weighted by Crippen LogP contribution is 2.18. The van der Waals surface area contributed by atoms with Gasteiger partial charge in [0.1, 0.15) is 0 Å². The molecule has 0 spiro atoms. The molecule has 2 heterocycles. The van der Waals surface area contributed by atoms with Crippen molar-refractivity contribution < 1.29 is 0 Å². The summed E-state index contributed by atoms with van der Waals surface area (Å²) in [5, 5.41) is 9.48. The molecule has 0 bridgehead atoms. The van der Waals surface area contributed by atoms with E-state index in [1.165, 1.54) is 27.5 Å². The van der Waals surface area contributed by atoms with Gasteiger partial charge in [-0.15, -0.1) is 0 Å². The van der Waals surface area contributed by atoms with Crippen LogP contribution in [-0.2, 0) is 13.1 Å². The van der Waals surface area contributed by atoms with Gasteiger partial charge in [-0.2, -0.15) is 0 Å². The molecule has 28 heavy (non-hydrogen) atoms. The number of hydrogen-bond acceptors (Lipinski definition) is 4. The lowest BCUT2D eigenvalue weighted by Gasteiger charge is -2.09. The molecule has 0 saturated carbocycles. The highest BCUT2D eigenvalue weighted by atomic mass is 14.9. The van der Waals surface area contributed by atoms with Crippen molar-refractivity contribution in [3.05, 3.63) is 96.6 Å². The number of benzene rings is 2. The standard InChI is InChI=1S/C24H24N4/c1-3-22-17-26-12-10-24(22)23(4-1)18-28-14-13-27-15-19-6-8-20(9-7-19)21-5-2-11-25-16-21/h1-12,16-17,27-28H,13-15,18H2. The van der Waals surface area contributed by atoms with Crippen LogP contribution in [0.4, 0.5) is 0 Å². The monoisotopic (exact) mass is 368 g/mol. The molecule has 0 aliphatic rings. The fourth-order valence-electron chi connectivity index (χ4n) is 3.32. The van der Waals surface area contributed by atoms with Crippen molar-refractivity contribution in [2.24, 2.45) is 0 Å². The van der Waals surface area contributed by atoms with Crippen molar-refractivity contribution in [3.63, 3.8) is 0 Å². The van der Waals surface area contributed by atoms with Crippen LogP contribution in [0, 0.1) is 0 Å². The Bertz CT molecular complexity index is 1010. The summed E-state index contributed by atoms with van der Waals surface area (Å²) in [6.07, 6.45) is 7.46. The van der Waals surface area contributed by atoms with E-state index in [0.717, 1.165) is 31.7 Å². The first-order valence-corrected chi connectivity index (χ1v) is 9.62. The third kappa shape index (κ3) is 4.60. The number of pyridine rings is 2. The van der Waals surface area contributed by atoms with E-state index in [0.29, 0.717) is 0 Å². The molecule has 140 valence electrons. The summed E-state index contributed by atoms with van der Waals surface area (Å²) in [7, 11) is 0. The Morgan fingerprint density at radius 3 is 2.29 bits per heavy atom. The number of hydrogen-bond donors (Lipinski definition) is 2. The Labute approximate surface area is 165 Å². The van der Waals surface area contributed by atoms with E-state index in [-0.39, 0.29) is 0 Å². The second-order valence-corrected chi connectivity index (χ2v) is 6.81. The summed E-state index contributed by atoms with van der Waals surface area (Å²) in [4.78, 5) is 8.37. The summed E-state index contributed by atoms with van der Waals surface area (Å²) in [6.45, 7) is 3.59. The molecule has 0 atom stereocenters.